The number of anilines is 1. The summed E-state index contributed by atoms with van der Waals surface area (Å²) in [5, 5.41) is 0.538. The van der Waals surface area contributed by atoms with Crippen LogP contribution in [-0.2, 0) is 10.0 Å². The second-order valence-electron chi connectivity index (χ2n) is 5.80. The van der Waals surface area contributed by atoms with Crippen LogP contribution in [0.5, 0.6) is 5.75 Å². The zero-order chi connectivity index (χ0) is 20.1. The van der Waals surface area contributed by atoms with Gasteiger partial charge in [-0.1, -0.05) is 11.6 Å². The summed E-state index contributed by atoms with van der Waals surface area (Å²) < 4.78 is 45.3. The number of sulfonamides is 1. The fourth-order valence-electron chi connectivity index (χ4n) is 2.32. The van der Waals surface area contributed by atoms with E-state index in [1.54, 1.807) is 24.3 Å². The Balaban J connectivity index is 1.61. The smallest absolute Gasteiger partial charge is 0.261 e. The molecular weight excluding hydrogens is 405 g/mol. The van der Waals surface area contributed by atoms with Gasteiger partial charge in [0.05, 0.1) is 4.90 Å². The van der Waals surface area contributed by atoms with Crippen LogP contribution in [0.4, 0.5) is 10.1 Å². The topological polar surface area (TPSA) is 72.5 Å². The van der Waals surface area contributed by atoms with Crippen molar-refractivity contribution in [1.29, 1.82) is 0 Å². The minimum Gasteiger partial charge on any atom is -0.485 e. The third kappa shape index (κ3) is 5.09. The Hall–Kier alpha value is -2.90. The molecule has 0 atom stereocenters. The maximum atomic E-state index is 12.9. The van der Waals surface area contributed by atoms with Gasteiger partial charge in [-0.3, -0.25) is 9.52 Å². The largest absolute Gasteiger partial charge is 0.485 e. The molecule has 0 aliphatic carbocycles. The highest BCUT2D eigenvalue weighted by Crippen LogP contribution is 2.20. The second-order valence-corrected chi connectivity index (χ2v) is 7.92. The average Bonchev–Trinajstić information content (AvgIpc) is 2.68. The molecule has 0 aliphatic heterocycles. The predicted molar refractivity (Wildman–Crippen MR) is 105 cm³/mol. The van der Waals surface area contributed by atoms with Gasteiger partial charge in [0, 0.05) is 16.3 Å². The highest BCUT2D eigenvalue weighted by molar-refractivity contribution is 7.92. The number of nitrogens with one attached hydrogen (secondary N) is 1. The SMILES string of the molecule is O=C(COc1ccc(NS(=O)(=O)c2ccc(F)cc2)cc1)c1ccc(Cl)cc1. The van der Waals surface area contributed by atoms with Gasteiger partial charge in [0.2, 0.25) is 0 Å². The number of carbonyl (C=O) groups is 1. The maximum Gasteiger partial charge on any atom is 0.261 e. The summed E-state index contributed by atoms with van der Waals surface area (Å²) in [6, 6.07) is 17.1. The van der Waals surface area contributed by atoms with E-state index in [-0.39, 0.29) is 17.3 Å². The van der Waals surface area contributed by atoms with Crippen molar-refractivity contribution in [3.63, 3.8) is 0 Å². The molecule has 0 radical (unpaired) electrons. The number of ketones is 1. The van der Waals surface area contributed by atoms with Crippen molar-refractivity contribution in [2.24, 2.45) is 0 Å². The molecule has 3 rings (SSSR count). The molecule has 144 valence electrons. The zero-order valence-corrected chi connectivity index (χ0v) is 16.0. The van der Waals surface area contributed by atoms with Crippen molar-refractivity contribution >= 4 is 33.1 Å². The molecule has 8 heteroatoms. The van der Waals surface area contributed by atoms with E-state index in [4.69, 9.17) is 16.3 Å². The van der Waals surface area contributed by atoms with Gasteiger partial charge >= 0.3 is 0 Å². The Morgan fingerprint density at radius 3 is 2.14 bits per heavy atom. The van der Waals surface area contributed by atoms with Crippen LogP contribution in [0, 0.1) is 5.82 Å². The lowest BCUT2D eigenvalue weighted by Gasteiger charge is -2.10. The minimum atomic E-state index is -3.83. The quantitative estimate of drug-likeness (QED) is 0.570. The number of rotatable bonds is 7. The first-order valence-corrected chi connectivity index (χ1v) is 10.00. The summed E-state index contributed by atoms with van der Waals surface area (Å²) in [4.78, 5) is 12.0. The number of hydrogen-bond acceptors (Lipinski definition) is 4. The Kier molecular flexibility index (Phi) is 5.96. The first kappa shape index (κ1) is 19.9. The standard InChI is InChI=1S/C20H15ClFNO4S/c21-15-3-1-14(2-4-15)20(24)13-27-18-9-7-17(8-10-18)23-28(25,26)19-11-5-16(22)6-12-19/h1-12,23H,13H2. The van der Waals surface area contributed by atoms with Crippen LogP contribution in [-0.4, -0.2) is 20.8 Å². The molecule has 3 aromatic carbocycles. The summed E-state index contributed by atoms with van der Waals surface area (Å²) in [6.07, 6.45) is 0. The molecule has 28 heavy (non-hydrogen) atoms. The molecule has 0 aromatic heterocycles. The van der Waals surface area contributed by atoms with E-state index in [0.29, 0.717) is 22.0 Å². The molecule has 0 saturated heterocycles. The third-order valence-corrected chi connectivity index (χ3v) is 5.42. The molecule has 0 amide bonds. The molecule has 1 N–H and O–H groups in total. The Morgan fingerprint density at radius 2 is 1.54 bits per heavy atom. The van der Waals surface area contributed by atoms with E-state index >= 15 is 0 Å². The van der Waals surface area contributed by atoms with E-state index in [9.17, 15) is 17.6 Å². The third-order valence-electron chi connectivity index (χ3n) is 3.77. The van der Waals surface area contributed by atoms with Crippen LogP contribution >= 0.6 is 11.6 Å². The lowest BCUT2D eigenvalue weighted by atomic mass is 10.1. The van der Waals surface area contributed by atoms with E-state index in [0.717, 1.165) is 12.1 Å². The number of benzene rings is 3. The van der Waals surface area contributed by atoms with Gasteiger partial charge in [-0.2, -0.15) is 0 Å². The van der Waals surface area contributed by atoms with E-state index in [2.05, 4.69) is 4.72 Å². The number of ether oxygens (including phenoxy) is 1. The van der Waals surface area contributed by atoms with Crippen LogP contribution in [0.15, 0.2) is 77.7 Å². The van der Waals surface area contributed by atoms with Crippen molar-refractivity contribution in [2.45, 2.75) is 4.90 Å². The maximum absolute atomic E-state index is 12.9. The van der Waals surface area contributed by atoms with Gasteiger partial charge in [0.1, 0.15) is 11.6 Å². The van der Waals surface area contributed by atoms with Crippen molar-refractivity contribution in [3.05, 3.63) is 89.2 Å². The van der Waals surface area contributed by atoms with Crippen molar-refractivity contribution < 1.29 is 22.3 Å². The monoisotopic (exact) mass is 419 g/mol. The summed E-state index contributed by atoms with van der Waals surface area (Å²) in [5.41, 5.74) is 0.786. The van der Waals surface area contributed by atoms with Gasteiger partial charge in [0.15, 0.2) is 12.4 Å². The van der Waals surface area contributed by atoms with Crippen LogP contribution < -0.4 is 9.46 Å². The Morgan fingerprint density at radius 1 is 0.929 bits per heavy atom. The number of halogens is 2. The Labute approximate surface area is 166 Å². The molecule has 0 unspecified atom stereocenters. The molecule has 0 saturated carbocycles. The second kappa shape index (κ2) is 8.41. The van der Waals surface area contributed by atoms with Crippen molar-refractivity contribution in [1.82, 2.24) is 0 Å². The normalized spacial score (nSPS) is 11.1. The van der Waals surface area contributed by atoms with Gasteiger partial charge in [-0.15, -0.1) is 0 Å². The van der Waals surface area contributed by atoms with Crippen LogP contribution in [0.3, 0.4) is 0 Å². The molecule has 0 heterocycles. The first-order chi connectivity index (χ1) is 13.3. The zero-order valence-electron chi connectivity index (χ0n) is 14.4. The summed E-state index contributed by atoms with van der Waals surface area (Å²) in [5.74, 6) is -0.321. The summed E-state index contributed by atoms with van der Waals surface area (Å²) in [6.45, 7) is -0.164. The Bertz CT molecular complexity index is 1070. The molecule has 0 spiro atoms. The average molecular weight is 420 g/mol. The fraction of sp³-hybridized carbons (Fsp3) is 0.0500. The minimum absolute atomic E-state index is 0.0530. The molecular formula is C20H15ClFNO4S. The summed E-state index contributed by atoms with van der Waals surface area (Å²) in [7, 11) is -3.83. The van der Waals surface area contributed by atoms with Gasteiger partial charge < -0.3 is 4.74 Å². The lowest BCUT2D eigenvalue weighted by molar-refractivity contribution is 0.0921. The van der Waals surface area contributed by atoms with Crippen molar-refractivity contribution in [2.75, 3.05) is 11.3 Å². The predicted octanol–water partition coefficient (Wildman–Crippen LogP) is 4.54. The number of carbonyl (C=O) groups excluding carboxylic acids is 1. The van der Waals surface area contributed by atoms with Gasteiger partial charge in [-0.05, 0) is 72.8 Å². The van der Waals surface area contributed by atoms with E-state index in [1.165, 1.54) is 36.4 Å². The van der Waals surface area contributed by atoms with Crippen molar-refractivity contribution in [3.8, 4) is 5.75 Å². The fourth-order valence-corrected chi connectivity index (χ4v) is 3.50. The molecule has 0 bridgehead atoms. The molecule has 3 aromatic rings. The molecule has 5 nitrogen and oxygen atoms in total. The molecule has 0 fully saturated rings. The van der Waals surface area contributed by atoms with E-state index in [1.807, 2.05) is 0 Å². The van der Waals surface area contributed by atoms with Crippen LogP contribution in [0.1, 0.15) is 10.4 Å². The van der Waals surface area contributed by atoms with Crippen LogP contribution in [0.2, 0.25) is 5.02 Å². The van der Waals surface area contributed by atoms with E-state index < -0.39 is 15.8 Å². The molecule has 0 aliphatic rings. The summed E-state index contributed by atoms with van der Waals surface area (Å²) >= 11 is 5.79. The number of hydrogen-bond donors (Lipinski definition) is 1. The highest BCUT2D eigenvalue weighted by Gasteiger charge is 2.14. The number of Topliss-reactive ketones (excluding diaryl/α,β-unsaturated/α-hetero) is 1. The van der Waals surface area contributed by atoms with Crippen LogP contribution in [0.25, 0.3) is 0 Å². The lowest BCUT2D eigenvalue weighted by Crippen LogP contribution is -2.13. The first-order valence-electron chi connectivity index (χ1n) is 8.13. The highest BCUT2D eigenvalue weighted by atomic mass is 35.5. The van der Waals surface area contributed by atoms with Gasteiger partial charge in [0.25, 0.3) is 10.0 Å². The van der Waals surface area contributed by atoms with Gasteiger partial charge in [-0.25, -0.2) is 12.8 Å².